The smallest absolute Gasteiger partial charge is 0.138 e. The maximum atomic E-state index is 5.78. The Hall–Kier alpha value is -1.72. The van der Waals surface area contributed by atoms with Gasteiger partial charge in [-0.3, -0.25) is 11.3 Å². The minimum Gasteiger partial charge on any atom is -0.271 e. The standard InChI is InChI=1S/C16H25N5/c1-11(2)9-21-16(18-10-19-21)8-15(20-17)14-7-5-6-12(3)13(14)4/h5-7,10-11,15,20H,8-9,17H2,1-4H3. The normalized spacial score (nSPS) is 12.9. The minimum atomic E-state index is 0.0417. The number of hydrogen-bond donors (Lipinski definition) is 2. The highest BCUT2D eigenvalue weighted by atomic mass is 15.3. The zero-order chi connectivity index (χ0) is 15.4. The van der Waals surface area contributed by atoms with Crippen molar-refractivity contribution >= 4 is 0 Å². The Bertz CT molecular complexity index is 588. The van der Waals surface area contributed by atoms with Crippen molar-refractivity contribution in [3.63, 3.8) is 0 Å². The second-order valence-corrected chi connectivity index (χ2v) is 5.96. The van der Waals surface area contributed by atoms with Crippen LogP contribution in [0.1, 0.15) is 42.4 Å². The molecule has 5 nitrogen and oxygen atoms in total. The molecule has 2 aromatic rings. The monoisotopic (exact) mass is 287 g/mol. The van der Waals surface area contributed by atoms with Gasteiger partial charge in [0.15, 0.2) is 0 Å². The molecule has 0 spiro atoms. The van der Waals surface area contributed by atoms with Gasteiger partial charge in [0.2, 0.25) is 0 Å². The third-order valence-electron chi connectivity index (χ3n) is 3.84. The van der Waals surface area contributed by atoms with Crippen LogP contribution in [0.3, 0.4) is 0 Å². The maximum absolute atomic E-state index is 5.78. The van der Waals surface area contributed by atoms with Crippen molar-refractivity contribution in [2.75, 3.05) is 0 Å². The third-order valence-corrected chi connectivity index (χ3v) is 3.84. The molecule has 3 N–H and O–H groups in total. The van der Waals surface area contributed by atoms with Crippen molar-refractivity contribution in [3.05, 3.63) is 47.0 Å². The molecule has 0 fully saturated rings. The second-order valence-electron chi connectivity index (χ2n) is 5.96. The average Bonchev–Trinajstić information content (AvgIpc) is 2.86. The van der Waals surface area contributed by atoms with Gasteiger partial charge >= 0.3 is 0 Å². The number of aromatic nitrogens is 3. The van der Waals surface area contributed by atoms with E-state index in [2.05, 4.69) is 61.4 Å². The van der Waals surface area contributed by atoms with Crippen molar-refractivity contribution < 1.29 is 0 Å². The largest absolute Gasteiger partial charge is 0.271 e. The highest BCUT2D eigenvalue weighted by Crippen LogP contribution is 2.22. The van der Waals surface area contributed by atoms with E-state index in [1.165, 1.54) is 16.7 Å². The van der Waals surface area contributed by atoms with Crippen molar-refractivity contribution in [2.45, 2.75) is 46.7 Å². The summed E-state index contributed by atoms with van der Waals surface area (Å²) >= 11 is 0. The summed E-state index contributed by atoms with van der Waals surface area (Å²) in [7, 11) is 0. The lowest BCUT2D eigenvalue weighted by Gasteiger charge is -2.20. The van der Waals surface area contributed by atoms with Gasteiger partial charge in [0.25, 0.3) is 0 Å². The molecule has 0 amide bonds. The van der Waals surface area contributed by atoms with Crippen LogP contribution >= 0.6 is 0 Å². The number of hydrazine groups is 1. The van der Waals surface area contributed by atoms with Gasteiger partial charge in [0.1, 0.15) is 12.2 Å². The first-order valence-corrected chi connectivity index (χ1v) is 7.41. The summed E-state index contributed by atoms with van der Waals surface area (Å²) < 4.78 is 1.97. The number of nitrogens with zero attached hydrogens (tertiary/aromatic N) is 3. The molecule has 21 heavy (non-hydrogen) atoms. The van der Waals surface area contributed by atoms with E-state index in [9.17, 15) is 0 Å². The SMILES string of the molecule is Cc1cccc(C(Cc2ncnn2CC(C)C)NN)c1C. The number of aryl methyl sites for hydroxylation is 1. The van der Waals surface area contributed by atoms with Crippen molar-refractivity contribution in [1.29, 1.82) is 0 Å². The summed E-state index contributed by atoms with van der Waals surface area (Å²) in [6, 6.07) is 6.35. The minimum absolute atomic E-state index is 0.0417. The summed E-state index contributed by atoms with van der Waals surface area (Å²) in [5.74, 6) is 7.29. The Balaban J connectivity index is 2.24. The quantitative estimate of drug-likeness (QED) is 0.632. The molecule has 1 unspecified atom stereocenters. The highest BCUT2D eigenvalue weighted by Gasteiger charge is 2.17. The molecule has 5 heteroatoms. The summed E-state index contributed by atoms with van der Waals surface area (Å²) in [6.45, 7) is 9.48. The Labute approximate surface area is 126 Å². The topological polar surface area (TPSA) is 68.8 Å². The summed E-state index contributed by atoms with van der Waals surface area (Å²) in [5, 5.41) is 4.31. The first-order valence-electron chi connectivity index (χ1n) is 7.41. The van der Waals surface area contributed by atoms with E-state index in [0.717, 1.165) is 18.8 Å². The van der Waals surface area contributed by atoms with Crippen LogP contribution < -0.4 is 11.3 Å². The fourth-order valence-corrected chi connectivity index (χ4v) is 2.54. The molecule has 0 saturated heterocycles. The molecule has 0 aliphatic rings. The number of benzene rings is 1. The van der Waals surface area contributed by atoms with E-state index >= 15 is 0 Å². The van der Waals surface area contributed by atoms with Gasteiger partial charge in [0.05, 0.1) is 6.04 Å². The summed E-state index contributed by atoms with van der Waals surface area (Å²) in [5.41, 5.74) is 6.69. The second kappa shape index (κ2) is 6.83. The van der Waals surface area contributed by atoms with Gasteiger partial charge in [0, 0.05) is 13.0 Å². The molecule has 0 bridgehead atoms. The van der Waals surface area contributed by atoms with Crippen LogP contribution in [-0.4, -0.2) is 14.8 Å². The Kier molecular flexibility index (Phi) is 5.09. The van der Waals surface area contributed by atoms with Gasteiger partial charge < -0.3 is 0 Å². The van der Waals surface area contributed by atoms with Crippen LogP contribution in [0.5, 0.6) is 0 Å². The van der Waals surface area contributed by atoms with Crippen LogP contribution in [0.2, 0.25) is 0 Å². The molecule has 0 aliphatic carbocycles. The number of rotatable bonds is 6. The van der Waals surface area contributed by atoms with Gasteiger partial charge in [-0.15, -0.1) is 0 Å². The van der Waals surface area contributed by atoms with Crippen molar-refractivity contribution in [1.82, 2.24) is 20.2 Å². The zero-order valence-corrected chi connectivity index (χ0v) is 13.3. The van der Waals surface area contributed by atoms with Gasteiger partial charge in [-0.1, -0.05) is 32.0 Å². The Morgan fingerprint density at radius 2 is 2.05 bits per heavy atom. The summed E-state index contributed by atoms with van der Waals surface area (Å²) in [6.07, 6.45) is 2.35. The average molecular weight is 287 g/mol. The van der Waals surface area contributed by atoms with E-state index < -0.39 is 0 Å². The predicted molar refractivity (Wildman–Crippen MR) is 84.5 cm³/mol. The van der Waals surface area contributed by atoms with Crippen LogP contribution in [0.25, 0.3) is 0 Å². The predicted octanol–water partition coefficient (Wildman–Crippen LogP) is 2.30. The molecule has 1 aromatic heterocycles. The molecule has 2 rings (SSSR count). The van der Waals surface area contributed by atoms with Crippen LogP contribution in [0, 0.1) is 19.8 Å². The molecule has 0 saturated carbocycles. The van der Waals surface area contributed by atoms with Gasteiger partial charge in [-0.2, -0.15) is 5.10 Å². The van der Waals surface area contributed by atoms with Crippen molar-refractivity contribution in [2.24, 2.45) is 11.8 Å². The van der Waals surface area contributed by atoms with Crippen LogP contribution in [0.15, 0.2) is 24.5 Å². The lowest BCUT2D eigenvalue weighted by atomic mass is 9.95. The van der Waals surface area contributed by atoms with Gasteiger partial charge in [-0.25, -0.2) is 9.67 Å². The lowest BCUT2D eigenvalue weighted by molar-refractivity contribution is 0.446. The maximum Gasteiger partial charge on any atom is 0.138 e. The lowest BCUT2D eigenvalue weighted by Crippen LogP contribution is -2.31. The number of nitrogens with one attached hydrogen (secondary N) is 1. The molecular formula is C16H25N5. The first-order chi connectivity index (χ1) is 10.0. The fraction of sp³-hybridized carbons (Fsp3) is 0.500. The highest BCUT2D eigenvalue weighted by molar-refractivity contribution is 5.35. The number of hydrogen-bond acceptors (Lipinski definition) is 4. The Morgan fingerprint density at radius 3 is 2.71 bits per heavy atom. The number of nitrogens with two attached hydrogens (primary N) is 1. The van der Waals surface area contributed by atoms with E-state index in [1.54, 1.807) is 6.33 Å². The third kappa shape index (κ3) is 3.68. The first kappa shape index (κ1) is 15.7. The van der Waals surface area contributed by atoms with Crippen molar-refractivity contribution in [3.8, 4) is 0 Å². The fourth-order valence-electron chi connectivity index (χ4n) is 2.54. The molecule has 1 atom stereocenters. The molecule has 114 valence electrons. The molecule has 0 aliphatic heterocycles. The molecule has 1 heterocycles. The molecule has 0 radical (unpaired) electrons. The van der Waals surface area contributed by atoms with E-state index in [4.69, 9.17) is 5.84 Å². The van der Waals surface area contributed by atoms with Crippen LogP contribution in [-0.2, 0) is 13.0 Å². The molecular weight excluding hydrogens is 262 g/mol. The molecule has 1 aromatic carbocycles. The van der Waals surface area contributed by atoms with E-state index in [1.807, 2.05) is 4.68 Å². The van der Waals surface area contributed by atoms with Crippen LogP contribution in [0.4, 0.5) is 0 Å². The zero-order valence-electron chi connectivity index (χ0n) is 13.3. The summed E-state index contributed by atoms with van der Waals surface area (Å²) in [4.78, 5) is 4.39. The van der Waals surface area contributed by atoms with Gasteiger partial charge in [-0.05, 0) is 36.5 Å². The van der Waals surface area contributed by atoms with E-state index in [0.29, 0.717) is 5.92 Å². The van der Waals surface area contributed by atoms with E-state index in [-0.39, 0.29) is 6.04 Å². The Morgan fingerprint density at radius 1 is 1.29 bits per heavy atom.